The number of nitrogens with one attached hydrogen (secondary N) is 2. The highest BCUT2D eigenvalue weighted by molar-refractivity contribution is 7.80. The summed E-state index contributed by atoms with van der Waals surface area (Å²) in [5, 5.41) is 11.5. The summed E-state index contributed by atoms with van der Waals surface area (Å²) in [4.78, 5) is 12.8. The molecule has 8 heteroatoms. The van der Waals surface area contributed by atoms with Gasteiger partial charge in [-0.05, 0) is 49.0 Å². The van der Waals surface area contributed by atoms with Gasteiger partial charge in [-0.1, -0.05) is 12.1 Å². The average Bonchev–Trinajstić information content (AvgIpc) is 3.25. The van der Waals surface area contributed by atoms with Gasteiger partial charge in [0.1, 0.15) is 5.00 Å². The zero-order valence-electron chi connectivity index (χ0n) is 14.4. The van der Waals surface area contributed by atoms with E-state index in [2.05, 4.69) is 15.7 Å². The first-order chi connectivity index (χ1) is 12.5. The lowest BCUT2D eigenvalue weighted by molar-refractivity contribution is 0.0602. The average molecular weight is 387 g/mol. The molecule has 0 aliphatic carbocycles. The van der Waals surface area contributed by atoms with Gasteiger partial charge in [0.2, 0.25) is 0 Å². The van der Waals surface area contributed by atoms with Crippen LogP contribution in [-0.4, -0.2) is 28.0 Å². The second-order valence-electron chi connectivity index (χ2n) is 5.57. The SMILES string of the molecule is COC(=O)c1cc(C)sc1NC(=S)Nc1ccc(Cn2cccn2)cc1. The van der Waals surface area contributed by atoms with Crippen molar-refractivity contribution in [3.05, 3.63) is 64.8 Å². The van der Waals surface area contributed by atoms with Crippen molar-refractivity contribution in [3.8, 4) is 0 Å². The van der Waals surface area contributed by atoms with Crippen LogP contribution in [0, 0.1) is 6.92 Å². The molecule has 6 nitrogen and oxygen atoms in total. The topological polar surface area (TPSA) is 68.2 Å². The van der Waals surface area contributed by atoms with E-state index in [0.29, 0.717) is 22.2 Å². The minimum atomic E-state index is -0.386. The molecular formula is C18H18N4O2S2. The minimum Gasteiger partial charge on any atom is -0.465 e. The number of benzene rings is 1. The van der Waals surface area contributed by atoms with Crippen molar-refractivity contribution in [2.24, 2.45) is 0 Å². The van der Waals surface area contributed by atoms with Gasteiger partial charge in [0.15, 0.2) is 5.11 Å². The van der Waals surface area contributed by atoms with Crippen molar-refractivity contribution in [3.63, 3.8) is 0 Å². The number of carbonyl (C=O) groups is 1. The quantitative estimate of drug-likeness (QED) is 0.512. The number of aromatic nitrogens is 2. The van der Waals surface area contributed by atoms with Crippen molar-refractivity contribution in [2.75, 3.05) is 17.7 Å². The van der Waals surface area contributed by atoms with Gasteiger partial charge in [0, 0.05) is 23.0 Å². The number of hydrogen-bond donors (Lipinski definition) is 2. The highest BCUT2D eigenvalue weighted by Gasteiger charge is 2.16. The molecule has 134 valence electrons. The van der Waals surface area contributed by atoms with E-state index in [4.69, 9.17) is 17.0 Å². The van der Waals surface area contributed by atoms with Gasteiger partial charge in [-0.15, -0.1) is 11.3 Å². The van der Waals surface area contributed by atoms with E-state index >= 15 is 0 Å². The Morgan fingerprint density at radius 3 is 2.73 bits per heavy atom. The van der Waals surface area contributed by atoms with E-state index in [1.807, 2.05) is 48.1 Å². The third kappa shape index (κ3) is 4.47. The maximum Gasteiger partial charge on any atom is 0.340 e. The first kappa shape index (κ1) is 18.1. The predicted molar refractivity (Wildman–Crippen MR) is 108 cm³/mol. The number of rotatable bonds is 5. The largest absolute Gasteiger partial charge is 0.465 e. The van der Waals surface area contributed by atoms with Crippen LogP contribution >= 0.6 is 23.6 Å². The fourth-order valence-electron chi connectivity index (χ4n) is 2.41. The lowest BCUT2D eigenvalue weighted by atomic mass is 10.2. The maximum atomic E-state index is 11.8. The fourth-order valence-corrected chi connectivity index (χ4v) is 3.60. The lowest BCUT2D eigenvalue weighted by Gasteiger charge is -2.11. The molecule has 0 amide bonds. The monoisotopic (exact) mass is 386 g/mol. The number of anilines is 2. The number of hydrogen-bond acceptors (Lipinski definition) is 5. The molecule has 0 bridgehead atoms. The number of methoxy groups -OCH3 is 1. The Morgan fingerprint density at radius 2 is 2.08 bits per heavy atom. The van der Waals surface area contributed by atoms with Crippen LogP contribution in [-0.2, 0) is 11.3 Å². The maximum absolute atomic E-state index is 11.8. The van der Waals surface area contributed by atoms with Crippen LogP contribution in [0.15, 0.2) is 48.8 Å². The normalized spacial score (nSPS) is 10.4. The first-order valence-electron chi connectivity index (χ1n) is 7.88. The Labute approximate surface area is 160 Å². The van der Waals surface area contributed by atoms with E-state index in [1.54, 1.807) is 12.3 Å². The van der Waals surface area contributed by atoms with E-state index in [0.717, 1.165) is 16.1 Å². The van der Waals surface area contributed by atoms with Crippen LogP contribution in [0.25, 0.3) is 0 Å². The van der Waals surface area contributed by atoms with E-state index in [-0.39, 0.29) is 5.97 Å². The van der Waals surface area contributed by atoms with Gasteiger partial charge < -0.3 is 15.4 Å². The van der Waals surface area contributed by atoms with Crippen molar-refractivity contribution < 1.29 is 9.53 Å². The van der Waals surface area contributed by atoms with Gasteiger partial charge in [0.25, 0.3) is 0 Å². The Morgan fingerprint density at radius 1 is 1.31 bits per heavy atom. The molecule has 0 saturated heterocycles. The van der Waals surface area contributed by atoms with E-state index in [9.17, 15) is 4.79 Å². The summed E-state index contributed by atoms with van der Waals surface area (Å²) in [6, 6.07) is 11.6. The zero-order chi connectivity index (χ0) is 18.5. The molecule has 2 aromatic heterocycles. The predicted octanol–water partition coefficient (Wildman–Crippen LogP) is 3.90. The smallest absolute Gasteiger partial charge is 0.340 e. The van der Waals surface area contributed by atoms with Crippen LogP contribution in [0.4, 0.5) is 10.7 Å². The van der Waals surface area contributed by atoms with Gasteiger partial charge in [0.05, 0.1) is 19.2 Å². The van der Waals surface area contributed by atoms with E-state index in [1.165, 1.54) is 18.4 Å². The molecule has 0 radical (unpaired) electrons. The summed E-state index contributed by atoms with van der Waals surface area (Å²) in [5.41, 5.74) is 2.48. The van der Waals surface area contributed by atoms with Crippen molar-refractivity contribution >= 4 is 45.3 Å². The van der Waals surface area contributed by atoms with Crippen LogP contribution in [0.2, 0.25) is 0 Å². The number of thiocarbonyl (C=S) groups is 1. The summed E-state index contributed by atoms with van der Waals surface area (Å²) in [5.74, 6) is -0.386. The van der Waals surface area contributed by atoms with Crippen molar-refractivity contribution in [2.45, 2.75) is 13.5 Å². The zero-order valence-corrected chi connectivity index (χ0v) is 16.0. The highest BCUT2D eigenvalue weighted by Crippen LogP contribution is 2.28. The molecular weight excluding hydrogens is 368 g/mol. The number of nitrogens with zero attached hydrogens (tertiary/aromatic N) is 2. The highest BCUT2D eigenvalue weighted by atomic mass is 32.1. The second kappa shape index (κ2) is 8.11. The Hall–Kier alpha value is -2.71. The van der Waals surface area contributed by atoms with E-state index < -0.39 is 0 Å². The van der Waals surface area contributed by atoms with Gasteiger partial charge in [-0.3, -0.25) is 4.68 Å². The summed E-state index contributed by atoms with van der Waals surface area (Å²) < 4.78 is 6.67. The van der Waals surface area contributed by atoms with Crippen LogP contribution in [0.5, 0.6) is 0 Å². The van der Waals surface area contributed by atoms with Gasteiger partial charge >= 0.3 is 5.97 Å². The first-order valence-corrected chi connectivity index (χ1v) is 9.11. The third-order valence-electron chi connectivity index (χ3n) is 3.60. The number of aryl methyl sites for hydroxylation is 1. The Balaban J connectivity index is 1.62. The molecule has 2 heterocycles. The summed E-state index contributed by atoms with van der Waals surface area (Å²) in [6.45, 7) is 2.64. The van der Waals surface area contributed by atoms with Crippen molar-refractivity contribution in [1.29, 1.82) is 0 Å². The van der Waals surface area contributed by atoms with Crippen LogP contribution < -0.4 is 10.6 Å². The number of carbonyl (C=O) groups excluding carboxylic acids is 1. The Kier molecular flexibility index (Phi) is 5.65. The molecule has 0 spiro atoms. The van der Waals surface area contributed by atoms with Crippen LogP contribution in [0.3, 0.4) is 0 Å². The summed E-state index contributed by atoms with van der Waals surface area (Å²) in [6.07, 6.45) is 3.68. The molecule has 3 aromatic rings. The molecule has 1 aromatic carbocycles. The molecule has 3 rings (SSSR count). The van der Waals surface area contributed by atoms with Crippen LogP contribution in [0.1, 0.15) is 20.8 Å². The molecule has 0 unspecified atom stereocenters. The number of thiophene rings is 1. The number of ether oxygens (including phenoxy) is 1. The standard InChI is InChI=1S/C18H18N4O2S2/c1-12-10-15(17(23)24-2)16(26-12)21-18(25)20-14-6-4-13(5-7-14)11-22-9-3-8-19-22/h3-10H,11H2,1-2H3,(H2,20,21,25). The Bertz CT molecular complexity index is 902. The van der Waals surface area contributed by atoms with Gasteiger partial charge in [-0.2, -0.15) is 5.10 Å². The molecule has 2 N–H and O–H groups in total. The summed E-state index contributed by atoms with van der Waals surface area (Å²) >= 11 is 6.81. The van der Waals surface area contributed by atoms with Crippen molar-refractivity contribution in [1.82, 2.24) is 9.78 Å². The summed E-state index contributed by atoms with van der Waals surface area (Å²) in [7, 11) is 1.36. The molecule has 0 aliphatic rings. The fraction of sp³-hybridized carbons (Fsp3) is 0.167. The molecule has 0 atom stereocenters. The molecule has 0 fully saturated rings. The molecule has 0 aliphatic heterocycles. The molecule has 0 saturated carbocycles. The van der Waals surface area contributed by atoms with Gasteiger partial charge in [-0.25, -0.2) is 4.79 Å². The second-order valence-corrected chi connectivity index (χ2v) is 7.24. The minimum absolute atomic E-state index is 0.386. The third-order valence-corrected chi connectivity index (χ3v) is 4.77. The number of esters is 1. The molecule has 26 heavy (non-hydrogen) atoms. The lowest BCUT2D eigenvalue weighted by Crippen LogP contribution is -2.19.